The predicted molar refractivity (Wildman–Crippen MR) is 56.2 cm³/mol. The summed E-state index contributed by atoms with van der Waals surface area (Å²) in [5, 5.41) is 0. The summed E-state index contributed by atoms with van der Waals surface area (Å²) in [6, 6.07) is 0. The molecule has 17 heavy (non-hydrogen) atoms. The maximum absolute atomic E-state index is 12.6. The molecular weight excluding hydrogens is 256 g/mol. The van der Waals surface area contributed by atoms with Crippen LogP contribution in [0.25, 0.3) is 0 Å². The summed E-state index contributed by atoms with van der Waals surface area (Å²) in [5.74, 6) is -3.94. The van der Waals surface area contributed by atoms with Gasteiger partial charge in [-0.15, -0.1) is 0 Å². The number of halogens is 2. The Hall–Kier alpha value is -0.760. The Balaban J connectivity index is 2.87. The van der Waals surface area contributed by atoms with Crippen LogP contribution in [-0.2, 0) is 19.6 Å². The quantitative estimate of drug-likeness (QED) is 0.703. The maximum atomic E-state index is 12.6. The number of rotatable bonds is 4. The van der Waals surface area contributed by atoms with Crippen LogP contribution in [0, 0.1) is 0 Å². The SMILES string of the molecule is CCOC(=O)C(C)(C)S(=O)(=O)N1CC(F)(F)C1. The van der Waals surface area contributed by atoms with Crippen LogP contribution in [0.2, 0.25) is 0 Å². The third-order valence-electron chi connectivity index (χ3n) is 2.57. The zero-order chi connectivity index (χ0) is 13.5. The fourth-order valence-corrected chi connectivity index (χ4v) is 3.01. The van der Waals surface area contributed by atoms with Crippen LogP contribution in [0.5, 0.6) is 0 Å². The van der Waals surface area contributed by atoms with E-state index in [0.717, 1.165) is 13.8 Å². The third kappa shape index (κ3) is 2.42. The summed E-state index contributed by atoms with van der Waals surface area (Å²) in [6.45, 7) is 2.12. The van der Waals surface area contributed by atoms with Gasteiger partial charge in [0.1, 0.15) is 0 Å². The van der Waals surface area contributed by atoms with Crippen LogP contribution in [0.4, 0.5) is 8.78 Å². The highest BCUT2D eigenvalue weighted by Crippen LogP contribution is 2.34. The molecule has 0 aromatic carbocycles. The zero-order valence-corrected chi connectivity index (χ0v) is 10.7. The molecule has 0 unspecified atom stereocenters. The largest absolute Gasteiger partial charge is 0.465 e. The van der Waals surface area contributed by atoms with Gasteiger partial charge < -0.3 is 4.74 Å². The summed E-state index contributed by atoms with van der Waals surface area (Å²) >= 11 is 0. The molecule has 0 aromatic rings. The molecule has 5 nitrogen and oxygen atoms in total. The van der Waals surface area contributed by atoms with E-state index in [1.807, 2.05) is 0 Å². The van der Waals surface area contributed by atoms with E-state index in [-0.39, 0.29) is 6.61 Å². The molecule has 1 aliphatic rings. The molecule has 0 N–H and O–H groups in total. The summed E-state index contributed by atoms with van der Waals surface area (Å²) in [4.78, 5) is 11.5. The van der Waals surface area contributed by atoms with Crippen LogP contribution in [-0.4, -0.2) is 49.1 Å². The molecule has 0 aromatic heterocycles. The molecular formula is C9H15F2NO4S. The van der Waals surface area contributed by atoms with Crippen LogP contribution in [0.15, 0.2) is 0 Å². The van der Waals surface area contributed by atoms with E-state index < -0.39 is 39.8 Å². The lowest BCUT2D eigenvalue weighted by Gasteiger charge is -2.41. The fourth-order valence-electron chi connectivity index (χ4n) is 1.37. The fraction of sp³-hybridized carbons (Fsp3) is 0.889. The van der Waals surface area contributed by atoms with E-state index >= 15 is 0 Å². The number of alkyl halides is 2. The second-order valence-corrected chi connectivity index (χ2v) is 6.85. The van der Waals surface area contributed by atoms with Gasteiger partial charge in [-0.05, 0) is 20.8 Å². The highest BCUT2D eigenvalue weighted by Gasteiger charge is 2.56. The van der Waals surface area contributed by atoms with Crippen molar-refractivity contribution >= 4 is 16.0 Å². The minimum absolute atomic E-state index is 0.0357. The van der Waals surface area contributed by atoms with Crippen molar-refractivity contribution < 1.29 is 26.7 Å². The minimum atomic E-state index is -4.12. The van der Waals surface area contributed by atoms with Gasteiger partial charge in [0.15, 0.2) is 4.75 Å². The molecule has 8 heteroatoms. The second kappa shape index (κ2) is 4.16. The molecule has 0 atom stereocenters. The van der Waals surface area contributed by atoms with Gasteiger partial charge in [0.25, 0.3) is 5.92 Å². The van der Waals surface area contributed by atoms with Gasteiger partial charge in [0, 0.05) is 0 Å². The van der Waals surface area contributed by atoms with Crippen molar-refractivity contribution in [2.24, 2.45) is 0 Å². The Morgan fingerprint density at radius 2 is 1.88 bits per heavy atom. The monoisotopic (exact) mass is 271 g/mol. The molecule has 100 valence electrons. The Labute approximate surface area is 98.8 Å². The lowest BCUT2D eigenvalue weighted by Crippen LogP contribution is -2.63. The van der Waals surface area contributed by atoms with Crippen molar-refractivity contribution in [3.05, 3.63) is 0 Å². The topological polar surface area (TPSA) is 63.7 Å². The van der Waals surface area contributed by atoms with Crippen molar-refractivity contribution in [1.29, 1.82) is 0 Å². The number of carbonyl (C=O) groups is 1. The number of hydrogen-bond acceptors (Lipinski definition) is 4. The minimum Gasteiger partial charge on any atom is -0.465 e. The molecule has 0 saturated carbocycles. The third-order valence-corrected chi connectivity index (χ3v) is 4.96. The van der Waals surface area contributed by atoms with E-state index in [2.05, 4.69) is 4.74 Å². The zero-order valence-electron chi connectivity index (χ0n) is 9.87. The molecule has 1 saturated heterocycles. The summed E-state index contributed by atoms with van der Waals surface area (Å²) in [6.07, 6.45) is 0. The van der Waals surface area contributed by atoms with Gasteiger partial charge in [0.2, 0.25) is 10.0 Å². The maximum Gasteiger partial charge on any atom is 0.328 e. The van der Waals surface area contributed by atoms with Crippen LogP contribution >= 0.6 is 0 Å². The average Bonchev–Trinajstić information content (AvgIpc) is 2.14. The first-order valence-electron chi connectivity index (χ1n) is 5.09. The van der Waals surface area contributed by atoms with E-state index in [4.69, 9.17) is 0 Å². The predicted octanol–water partition coefficient (Wildman–Crippen LogP) is 0.609. The Bertz CT molecular complexity index is 411. The smallest absolute Gasteiger partial charge is 0.328 e. The lowest BCUT2D eigenvalue weighted by atomic mass is 10.2. The molecule has 1 fully saturated rings. The van der Waals surface area contributed by atoms with Crippen molar-refractivity contribution in [2.75, 3.05) is 19.7 Å². The van der Waals surface area contributed by atoms with E-state index in [1.165, 1.54) is 0 Å². The van der Waals surface area contributed by atoms with Gasteiger partial charge >= 0.3 is 5.97 Å². The van der Waals surface area contributed by atoms with Gasteiger partial charge in [-0.25, -0.2) is 17.2 Å². The summed E-state index contributed by atoms with van der Waals surface area (Å²) in [7, 11) is -4.12. The van der Waals surface area contributed by atoms with Crippen molar-refractivity contribution in [3.63, 3.8) is 0 Å². The van der Waals surface area contributed by atoms with Gasteiger partial charge in [-0.1, -0.05) is 0 Å². The number of esters is 1. The number of hydrogen-bond donors (Lipinski definition) is 0. The summed E-state index contributed by atoms with van der Waals surface area (Å²) in [5.41, 5.74) is 0. The van der Waals surface area contributed by atoms with Crippen LogP contribution in [0.3, 0.4) is 0 Å². The highest BCUT2D eigenvalue weighted by molar-refractivity contribution is 7.91. The Morgan fingerprint density at radius 3 is 2.24 bits per heavy atom. The Morgan fingerprint density at radius 1 is 1.41 bits per heavy atom. The van der Waals surface area contributed by atoms with Crippen LogP contribution in [0.1, 0.15) is 20.8 Å². The first kappa shape index (κ1) is 14.3. The van der Waals surface area contributed by atoms with E-state index in [1.54, 1.807) is 6.92 Å². The first-order valence-corrected chi connectivity index (χ1v) is 6.53. The van der Waals surface area contributed by atoms with Gasteiger partial charge in [-0.2, -0.15) is 4.31 Å². The van der Waals surface area contributed by atoms with Crippen molar-refractivity contribution in [3.8, 4) is 0 Å². The highest BCUT2D eigenvalue weighted by atomic mass is 32.2. The lowest BCUT2D eigenvalue weighted by molar-refractivity contribution is -0.146. The molecule has 1 heterocycles. The number of carbonyl (C=O) groups excluding carboxylic acids is 1. The number of sulfonamides is 1. The molecule has 0 aliphatic carbocycles. The first-order chi connectivity index (χ1) is 7.54. The normalized spacial score (nSPS) is 20.8. The van der Waals surface area contributed by atoms with Crippen molar-refractivity contribution in [1.82, 2.24) is 4.31 Å². The number of nitrogens with zero attached hydrogens (tertiary/aromatic N) is 1. The molecule has 1 aliphatic heterocycles. The van der Waals surface area contributed by atoms with Gasteiger partial charge in [-0.3, -0.25) is 4.79 Å². The molecule has 0 spiro atoms. The standard InChI is InChI=1S/C9H15F2NO4S/c1-4-16-7(13)8(2,3)17(14,15)12-5-9(10,11)6-12/h4-6H2,1-3H3. The molecule has 0 radical (unpaired) electrons. The summed E-state index contributed by atoms with van der Waals surface area (Å²) < 4.78 is 52.5. The van der Waals surface area contributed by atoms with Crippen molar-refractivity contribution in [2.45, 2.75) is 31.4 Å². The average molecular weight is 271 g/mol. The molecule has 0 bridgehead atoms. The molecule has 0 amide bonds. The Kier molecular flexibility index (Phi) is 3.50. The van der Waals surface area contributed by atoms with E-state index in [9.17, 15) is 22.0 Å². The molecule has 1 rings (SSSR count). The second-order valence-electron chi connectivity index (χ2n) is 4.36. The van der Waals surface area contributed by atoms with Gasteiger partial charge in [0.05, 0.1) is 19.7 Å². The van der Waals surface area contributed by atoms with E-state index in [0.29, 0.717) is 4.31 Å². The number of ether oxygens (including phenoxy) is 1. The van der Waals surface area contributed by atoms with Crippen LogP contribution < -0.4 is 0 Å².